The number of aromatic nitrogens is 2. The first-order chi connectivity index (χ1) is 6.24. The summed E-state index contributed by atoms with van der Waals surface area (Å²) in [7, 11) is 1.71. The fourth-order valence-corrected chi connectivity index (χ4v) is 1.36. The fraction of sp³-hybridized carbons (Fsp3) is 0.625. The largest absolute Gasteiger partial charge is 0.385 e. The van der Waals surface area contributed by atoms with Gasteiger partial charge in [-0.15, -0.1) is 0 Å². The average Bonchev–Trinajstić information content (AvgIpc) is 2.41. The average molecular weight is 248 g/mol. The van der Waals surface area contributed by atoms with E-state index in [1.807, 2.05) is 10.9 Å². The number of nitrogen functional groups attached to an aromatic ring is 1. The molecule has 0 bridgehead atoms. The molecule has 0 saturated carbocycles. The van der Waals surface area contributed by atoms with E-state index >= 15 is 0 Å². The van der Waals surface area contributed by atoms with E-state index in [0.717, 1.165) is 30.5 Å². The monoisotopic (exact) mass is 247 g/mol. The van der Waals surface area contributed by atoms with Gasteiger partial charge in [0, 0.05) is 26.5 Å². The standard InChI is InChI=1S/C8H14BrN3O/c1-13-5-3-2-4-12-6-7(9)8(10)11-12/h6H,2-5H2,1H3,(H2,10,11). The second kappa shape index (κ2) is 5.24. The van der Waals surface area contributed by atoms with Crippen LogP contribution in [-0.4, -0.2) is 23.5 Å². The Labute approximate surface area is 86.2 Å². The van der Waals surface area contributed by atoms with Crippen molar-refractivity contribution < 1.29 is 4.74 Å². The van der Waals surface area contributed by atoms with Crippen LogP contribution in [0, 0.1) is 0 Å². The smallest absolute Gasteiger partial charge is 0.159 e. The Kier molecular flexibility index (Phi) is 4.24. The van der Waals surface area contributed by atoms with Gasteiger partial charge in [0.2, 0.25) is 0 Å². The molecule has 1 aromatic heterocycles. The molecule has 0 fully saturated rings. The topological polar surface area (TPSA) is 53.1 Å². The van der Waals surface area contributed by atoms with Crippen LogP contribution in [0.3, 0.4) is 0 Å². The van der Waals surface area contributed by atoms with E-state index in [9.17, 15) is 0 Å². The Morgan fingerprint density at radius 2 is 2.38 bits per heavy atom. The molecule has 0 radical (unpaired) electrons. The predicted molar refractivity (Wildman–Crippen MR) is 55.4 cm³/mol. The Morgan fingerprint density at radius 3 is 2.92 bits per heavy atom. The number of nitrogens with zero attached hydrogens (tertiary/aromatic N) is 2. The molecular formula is C8H14BrN3O. The summed E-state index contributed by atoms with van der Waals surface area (Å²) in [4.78, 5) is 0. The van der Waals surface area contributed by atoms with E-state index in [1.165, 1.54) is 0 Å². The summed E-state index contributed by atoms with van der Waals surface area (Å²) in [6, 6.07) is 0. The SMILES string of the molecule is COCCCCn1cc(Br)c(N)n1. The molecule has 1 aromatic rings. The first kappa shape index (κ1) is 10.5. The van der Waals surface area contributed by atoms with Crippen molar-refractivity contribution in [1.29, 1.82) is 0 Å². The summed E-state index contributed by atoms with van der Waals surface area (Å²) >= 11 is 3.31. The Balaban J connectivity index is 2.29. The second-order valence-corrected chi connectivity index (χ2v) is 3.68. The van der Waals surface area contributed by atoms with E-state index in [0.29, 0.717) is 5.82 Å². The highest BCUT2D eigenvalue weighted by Crippen LogP contribution is 2.16. The maximum atomic E-state index is 5.57. The van der Waals surface area contributed by atoms with Crippen LogP contribution in [0.1, 0.15) is 12.8 Å². The molecule has 0 aromatic carbocycles. The number of methoxy groups -OCH3 is 1. The zero-order valence-electron chi connectivity index (χ0n) is 7.66. The maximum Gasteiger partial charge on any atom is 0.159 e. The van der Waals surface area contributed by atoms with Crippen LogP contribution in [0.25, 0.3) is 0 Å². The highest BCUT2D eigenvalue weighted by atomic mass is 79.9. The van der Waals surface area contributed by atoms with Gasteiger partial charge in [0.15, 0.2) is 5.82 Å². The van der Waals surface area contributed by atoms with E-state index in [1.54, 1.807) is 7.11 Å². The number of anilines is 1. The van der Waals surface area contributed by atoms with Gasteiger partial charge in [0.05, 0.1) is 4.47 Å². The lowest BCUT2D eigenvalue weighted by atomic mass is 10.3. The molecule has 5 heteroatoms. The number of halogens is 1. The summed E-state index contributed by atoms with van der Waals surface area (Å²) in [6.45, 7) is 1.69. The van der Waals surface area contributed by atoms with E-state index in [2.05, 4.69) is 21.0 Å². The van der Waals surface area contributed by atoms with Crippen molar-refractivity contribution in [2.45, 2.75) is 19.4 Å². The molecule has 0 spiro atoms. The number of ether oxygens (including phenoxy) is 1. The molecule has 4 nitrogen and oxygen atoms in total. The first-order valence-corrected chi connectivity index (χ1v) is 5.00. The molecule has 0 atom stereocenters. The number of aryl methyl sites for hydroxylation is 1. The number of unbranched alkanes of at least 4 members (excludes halogenated alkanes) is 1. The molecule has 1 rings (SSSR count). The minimum absolute atomic E-state index is 0.548. The number of hydrogen-bond acceptors (Lipinski definition) is 3. The van der Waals surface area contributed by atoms with Crippen LogP contribution < -0.4 is 5.73 Å². The summed E-state index contributed by atoms with van der Waals surface area (Å²) < 4.78 is 7.65. The zero-order valence-corrected chi connectivity index (χ0v) is 9.25. The van der Waals surface area contributed by atoms with Crippen LogP contribution in [0.2, 0.25) is 0 Å². The van der Waals surface area contributed by atoms with Gasteiger partial charge in [-0.05, 0) is 28.8 Å². The third-order valence-corrected chi connectivity index (χ3v) is 2.34. The molecule has 0 aliphatic carbocycles. The van der Waals surface area contributed by atoms with Gasteiger partial charge >= 0.3 is 0 Å². The van der Waals surface area contributed by atoms with Crippen LogP contribution in [0.5, 0.6) is 0 Å². The van der Waals surface area contributed by atoms with Crippen molar-refractivity contribution in [2.75, 3.05) is 19.5 Å². The third-order valence-electron chi connectivity index (χ3n) is 1.73. The van der Waals surface area contributed by atoms with Crippen LogP contribution >= 0.6 is 15.9 Å². The third kappa shape index (κ3) is 3.36. The maximum absolute atomic E-state index is 5.57. The summed E-state index contributed by atoms with van der Waals surface area (Å²) in [5, 5.41) is 4.11. The highest BCUT2D eigenvalue weighted by Gasteiger charge is 2.00. The second-order valence-electron chi connectivity index (χ2n) is 2.83. The first-order valence-electron chi connectivity index (χ1n) is 4.21. The van der Waals surface area contributed by atoms with E-state index < -0.39 is 0 Å². The minimum atomic E-state index is 0.548. The van der Waals surface area contributed by atoms with Crippen molar-refractivity contribution in [3.05, 3.63) is 10.7 Å². The van der Waals surface area contributed by atoms with Crippen molar-refractivity contribution in [1.82, 2.24) is 9.78 Å². The molecule has 2 N–H and O–H groups in total. The van der Waals surface area contributed by atoms with Crippen molar-refractivity contribution in [2.24, 2.45) is 0 Å². The Bertz CT molecular complexity index is 242. The van der Waals surface area contributed by atoms with Crippen molar-refractivity contribution in [3.8, 4) is 0 Å². The van der Waals surface area contributed by atoms with Gasteiger partial charge < -0.3 is 10.5 Å². The Morgan fingerprint density at radius 1 is 1.62 bits per heavy atom. The highest BCUT2D eigenvalue weighted by molar-refractivity contribution is 9.10. The van der Waals surface area contributed by atoms with Crippen LogP contribution in [0.15, 0.2) is 10.7 Å². The van der Waals surface area contributed by atoms with Gasteiger partial charge in [-0.25, -0.2) is 0 Å². The van der Waals surface area contributed by atoms with Gasteiger partial charge in [-0.2, -0.15) is 5.10 Å². The van der Waals surface area contributed by atoms with Crippen LogP contribution in [0.4, 0.5) is 5.82 Å². The van der Waals surface area contributed by atoms with Gasteiger partial charge in [0.1, 0.15) is 0 Å². The number of hydrogen-bond donors (Lipinski definition) is 1. The molecule has 1 heterocycles. The van der Waals surface area contributed by atoms with Crippen LogP contribution in [-0.2, 0) is 11.3 Å². The lowest BCUT2D eigenvalue weighted by molar-refractivity contribution is 0.191. The molecule has 0 saturated heterocycles. The normalized spacial score (nSPS) is 10.6. The lowest BCUT2D eigenvalue weighted by Crippen LogP contribution is -2.01. The fourth-order valence-electron chi connectivity index (χ4n) is 1.05. The summed E-state index contributed by atoms with van der Waals surface area (Å²) in [5.74, 6) is 0.548. The number of nitrogens with two attached hydrogens (primary N) is 1. The van der Waals surface area contributed by atoms with Gasteiger partial charge in [-0.3, -0.25) is 4.68 Å². The van der Waals surface area contributed by atoms with E-state index in [4.69, 9.17) is 10.5 Å². The molecule has 74 valence electrons. The minimum Gasteiger partial charge on any atom is -0.385 e. The summed E-state index contributed by atoms with van der Waals surface area (Å²) in [5.41, 5.74) is 5.57. The summed E-state index contributed by atoms with van der Waals surface area (Å²) in [6.07, 6.45) is 4.00. The Hall–Kier alpha value is -0.550. The molecular weight excluding hydrogens is 234 g/mol. The molecule has 0 amide bonds. The zero-order chi connectivity index (χ0) is 9.68. The van der Waals surface area contributed by atoms with Crippen molar-refractivity contribution in [3.63, 3.8) is 0 Å². The quantitative estimate of drug-likeness (QED) is 0.806. The van der Waals surface area contributed by atoms with Gasteiger partial charge in [0.25, 0.3) is 0 Å². The predicted octanol–water partition coefficient (Wildman–Crippen LogP) is 1.65. The van der Waals surface area contributed by atoms with Gasteiger partial charge in [-0.1, -0.05) is 0 Å². The molecule has 0 aliphatic rings. The van der Waals surface area contributed by atoms with E-state index in [-0.39, 0.29) is 0 Å². The number of rotatable bonds is 5. The molecule has 0 aliphatic heterocycles. The van der Waals surface area contributed by atoms with Crippen molar-refractivity contribution >= 4 is 21.7 Å². The molecule has 13 heavy (non-hydrogen) atoms. The lowest BCUT2D eigenvalue weighted by Gasteiger charge is -2.00. The molecule has 0 unspecified atom stereocenters.